The summed E-state index contributed by atoms with van der Waals surface area (Å²) in [6, 6.07) is 1.94. The molecule has 0 saturated carbocycles. The molecule has 7 heteroatoms. The third-order valence-electron chi connectivity index (χ3n) is 5.65. The first kappa shape index (κ1) is 25.0. The Kier molecular flexibility index (Phi) is 8.93. The summed E-state index contributed by atoms with van der Waals surface area (Å²) in [5.74, 6) is 0.896. The average molecular weight is 444 g/mol. The Morgan fingerprint density at radius 1 is 1.19 bits per heavy atom. The number of Topliss-reactive ketones (excluding diaryl/α,β-unsaturated/α-hetero) is 1. The summed E-state index contributed by atoms with van der Waals surface area (Å²) >= 11 is 0. The molecule has 1 aromatic rings. The lowest BCUT2D eigenvalue weighted by molar-refractivity contribution is -0.119. The van der Waals surface area contributed by atoms with Crippen LogP contribution in [0.15, 0.2) is 36.1 Å². The van der Waals surface area contributed by atoms with Gasteiger partial charge in [-0.25, -0.2) is 0 Å². The minimum atomic E-state index is -0.424. The first-order valence-corrected chi connectivity index (χ1v) is 10.6. The van der Waals surface area contributed by atoms with Gasteiger partial charge in [-0.3, -0.25) is 9.59 Å². The van der Waals surface area contributed by atoms with Gasteiger partial charge in [0.05, 0.1) is 21.3 Å². The minimum Gasteiger partial charge on any atom is -0.504 e. The Morgan fingerprint density at radius 2 is 1.88 bits per heavy atom. The third kappa shape index (κ3) is 5.72. The lowest BCUT2D eigenvalue weighted by atomic mass is 9.86. The molecule has 1 amide bonds. The highest BCUT2D eigenvalue weighted by atomic mass is 16.5. The van der Waals surface area contributed by atoms with E-state index in [4.69, 9.17) is 14.2 Å². The molecule has 0 aliphatic heterocycles. The predicted octanol–water partition coefficient (Wildman–Crippen LogP) is 4.16. The Bertz CT molecular complexity index is 944. The summed E-state index contributed by atoms with van der Waals surface area (Å²) in [5.41, 5.74) is 3.47. The molecular formula is C25H33NO6. The zero-order valence-corrected chi connectivity index (χ0v) is 19.5. The van der Waals surface area contributed by atoms with Crippen molar-refractivity contribution in [3.05, 3.63) is 47.3 Å². The quantitative estimate of drug-likeness (QED) is 0.258. The van der Waals surface area contributed by atoms with Crippen LogP contribution in [-0.4, -0.2) is 44.7 Å². The molecule has 1 unspecified atom stereocenters. The first-order valence-electron chi connectivity index (χ1n) is 10.6. The number of aryl methyl sites for hydroxylation is 1. The van der Waals surface area contributed by atoms with Gasteiger partial charge in [-0.15, -0.1) is 0 Å². The molecule has 174 valence electrons. The van der Waals surface area contributed by atoms with Gasteiger partial charge in [-0.2, -0.15) is 0 Å². The van der Waals surface area contributed by atoms with Crippen molar-refractivity contribution in [2.24, 2.45) is 5.92 Å². The maximum atomic E-state index is 11.5. The van der Waals surface area contributed by atoms with Gasteiger partial charge < -0.3 is 24.6 Å². The van der Waals surface area contributed by atoms with Crippen molar-refractivity contribution >= 4 is 17.3 Å². The van der Waals surface area contributed by atoms with Gasteiger partial charge in [-0.05, 0) is 60.5 Å². The van der Waals surface area contributed by atoms with Gasteiger partial charge >= 0.3 is 0 Å². The smallest absolute Gasteiger partial charge is 0.216 e. The zero-order chi connectivity index (χ0) is 23.8. The standard InChI is InChI=1S/C25H33NO6/c1-15-18(8-7-13-26-17(3)28)9-10-19-14-22(30-4)24(31-5)25(32-6)23(19)20(15)11-12-21(29)16(2)27/h11-12,14,18,29H,1,7-10,13H2,2-6H3,(H,26,28)/b20-11+,21-12+. The summed E-state index contributed by atoms with van der Waals surface area (Å²) in [6.45, 7) is 7.77. The fourth-order valence-electron chi connectivity index (χ4n) is 3.99. The SMILES string of the molecule is C=C1/C(=C\C=C(\O)C(C)=O)c2c(cc(OC)c(OC)c2OC)CCC1CCCNC(C)=O. The lowest BCUT2D eigenvalue weighted by Gasteiger charge is -2.22. The second kappa shape index (κ2) is 11.4. The van der Waals surface area contributed by atoms with Gasteiger partial charge in [0.15, 0.2) is 23.0 Å². The van der Waals surface area contributed by atoms with Crippen LogP contribution in [0.25, 0.3) is 5.57 Å². The van der Waals surface area contributed by atoms with Crippen LogP contribution < -0.4 is 19.5 Å². The summed E-state index contributed by atoms with van der Waals surface area (Å²) in [7, 11) is 4.69. The Balaban J connectivity index is 2.59. The van der Waals surface area contributed by atoms with Gasteiger partial charge in [0.1, 0.15) is 0 Å². The van der Waals surface area contributed by atoms with Crippen LogP contribution in [0.3, 0.4) is 0 Å². The number of ketones is 1. The second-order valence-electron chi connectivity index (χ2n) is 7.75. The maximum absolute atomic E-state index is 11.5. The molecule has 0 saturated heterocycles. The summed E-state index contributed by atoms with van der Waals surface area (Å²) in [5, 5.41) is 12.8. The van der Waals surface area contributed by atoms with E-state index in [0.717, 1.165) is 48.0 Å². The summed E-state index contributed by atoms with van der Waals surface area (Å²) in [4.78, 5) is 22.7. The Labute approximate surface area is 189 Å². The van der Waals surface area contributed by atoms with Gasteiger partial charge in [0, 0.05) is 26.0 Å². The van der Waals surface area contributed by atoms with Crippen molar-refractivity contribution in [2.45, 2.75) is 39.5 Å². The minimum absolute atomic E-state index is 0.0496. The molecule has 2 rings (SSSR count). The van der Waals surface area contributed by atoms with Gasteiger partial charge in [0.25, 0.3) is 0 Å². The van der Waals surface area contributed by atoms with E-state index in [9.17, 15) is 14.7 Å². The number of nitrogens with one attached hydrogen (secondary N) is 1. The van der Waals surface area contributed by atoms with E-state index >= 15 is 0 Å². The maximum Gasteiger partial charge on any atom is 0.216 e. The van der Waals surface area contributed by atoms with Crippen LogP contribution in [0.4, 0.5) is 0 Å². The van der Waals surface area contributed by atoms with Crippen molar-refractivity contribution in [1.29, 1.82) is 0 Å². The third-order valence-corrected chi connectivity index (χ3v) is 5.65. The van der Waals surface area contributed by atoms with E-state index in [2.05, 4.69) is 11.9 Å². The number of hydrogen-bond acceptors (Lipinski definition) is 6. The number of amides is 1. The molecular weight excluding hydrogens is 410 g/mol. The van der Waals surface area contributed by atoms with E-state index in [-0.39, 0.29) is 17.6 Å². The molecule has 7 nitrogen and oxygen atoms in total. The highest BCUT2D eigenvalue weighted by Crippen LogP contribution is 2.49. The zero-order valence-electron chi connectivity index (χ0n) is 19.5. The number of rotatable bonds is 9. The van der Waals surface area contributed by atoms with Crippen LogP contribution in [0.2, 0.25) is 0 Å². The number of fused-ring (bicyclic) bond motifs is 1. The molecule has 0 heterocycles. The van der Waals surface area contributed by atoms with Crippen molar-refractivity contribution in [3.63, 3.8) is 0 Å². The Morgan fingerprint density at radius 3 is 2.44 bits per heavy atom. The topological polar surface area (TPSA) is 94.1 Å². The molecule has 0 radical (unpaired) electrons. The monoisotopic (exact) mass is 443 g/mol. The van der Waals surface area contributed by atoms with Gasteiger partial charge in [-0.1, -0.05) is 12.7 Å². The van der Waals surface area contributed by atoms with E-state index in [1.54, 1.807) is 27.4 Å². The molecule has 32 heavy (non-hydrogen) atoms. The number of aliphatic hydroxyl groups is 1. The van der Waals surface area contributed by atoms with Crippen molar-refractivity contribution < 1.29 is 28.9 Å². The molecule has 1 aliphatic rings. The van der Waals surface area contributed by atoms with E-state index < -0.39 is 5.78 Å². The molecule has 0 spiro atoms. The van der Waals surface area contributed by atoms with Crippen molar-refractivity contribution in [1.82, 2.24) is 5.32 Å². The number of carbonyl (C=O) groups is 2. The molecule has 2 N–H and O–H groups in total. The number of benzene rings is 1. The largest absolute Gasteiger partial charge is 0.504 e. The van der Waals surface area contributed by atoms with Crippen molar-refractivity contribution in [2.75, 3.05) is 27.9 Å². The normalized spacial score (nSPS) is 17.4. The van der Waals surface area contributed by atoms with E-state index in [0.29, 0.717) is 23.8 Å². The summed E-state index contributed by atoms with van der Waals surface area (Å²) < 4.78 is 16.8. The molecule has 1 aliphatic carbocycles. The first-order chi connectivity index (χ1) is 15.2. The van der Waals surface area contributed by atoms with E-state index in [1.807, 2.05) is 6.07 Å². The summed E-state index contributed by atoms with van der Waals surface area (Å²) in [6.07, 6.45) is 6.36. The van der Waals surface area contributed by atoms with Crippen LogP contribution in [0.5, 0.6) is 17.2 Å². The van der Waals surface area contributed by atoms with Crippen LogP contribution in [0.1, 0.15) is 44.2 Å². The molecule has 0 aromatic heterocycles. The number of allylic oxidation sites excluding steroid dienone is 5. The predicted molar refractivity (Wildman–Crippen MR) is 124 cm³/mol. The number of hydrogen-bond donors (Lipinski definition) is 2. The highest BCUT2D eigenvalue weighted by Gasteiger charge is 2.29. The highest BCUT2D eigenvalue weighted by molar-refractivity contribution is 5.93. The van der Waals surface area contributed by atoms with E-state index in [1.165, 1.54) is 19.9 Å². The average Bonchev–Trinajstić information content (AvgIpc) is 2.89. The van der Waals surface area contributed by atoms with Crippen LogP contribution in [-0.2, 0) is 16.0 Å². The van der Waals surface area contributed by atoms with Gasteiger partial charge in [0.2, 0.25) is 11.7 Å². The number of methoxy groups -OCH3 is 3. The fourth-order valence-corrected chi connectivity index (χ4v) is 3.99. The number of ether oxygens (including phenoxy) is 3. The van der Waals surface area contributed by atoms with Crippen LogP contribution >= 0.6 is 0 Å². The molecule has 0 bridgehead atoms. The lowest BCUT2D eigenvalue weighted by Crippen LogP contribution is -2.21. The van der Waals surface area contributed by atoms with Crippen molar-refractivity contribution in [3.8, 4) is 17.2 Å². The fraction of sp³-hybridized carbons (Fsp3) is 0.440. The molecule has 1 atom stereocenters. The Hall–Kier alpha value is -3.22. The molecule has 0 fully saturated rings. The number of aliphatic hydroxyl groups excluding tert-OH is 1. The number of carbonyl (C=O) groups excluding carboxylic acids is 2. The second-order valence-corrected chi connectivity index (χ2v) is 7.75. The molecule has 1 aromatic carbocycles. The van der Waals surface area contributed by atoms with Crippen LogP contribution in [0, 0.1) is 5.92 Å².